The zero-order valence-electron chi connectivity index (χ0n) is 72.3. The summed E-state index contributed by atoms with van der Waals surface area (Å²) in [6.07, 6.45) is 0. The Balaban J connectivity index is 0.0000000944. The van der Waals surface area contributed by atoms with Crippen LogP contribution in [-0.2, 0) is 0 Å². The quantitative estimate of drug-likeness (QED) is 0.159. The van der Waals surface area contributed by atoms with Crippen LogP contribution in [0.5, 0.6) is 0 Å². The van der Waals surface area contributed by atoms with Crippen LogP contribution < -0.4 is 62.3 Å². The lowest BCUT2D eigenvalue weighted by atomic mass is 9.44. The highest BCUT2D eigenvalue weighted by atomic mass is 16.3. The van der Waals surface area contributed by atoms with Crippen molar-refractivity contribution in [3.8, 4) is 67.3 Å². The molecule has 9 aliphatic rings. The highest BCUT2D eigenvalue weighted by Crippen LogP contribution is 2.58. The summed E-state index contributed by atoms with van der Waals surface area (Å²) in [5, 5.41) is 8.56. The number of aromatic nitrogens is 4. The van der Waals surface area contributed by atoms with Gasteiger partial charge in [0.1, 0.15) is 11.2 Å². The standard InChI is InChI=1S/C44H27BN4.C38H22BN3O.C38H24BN3/c1-2-13-28(14-3-1)46-35-19-7-4-16-31(35)34-27-29(25-26-37(34)46)47-41-24-12-18-32-30-15-5-9-21-38(30)49-40-23-11-10-22-39(40)48-36-20-8-6-17-33(36)43(47)44(48)45(49)42(32)41;1-5-15-30-24(10-1)26-13-9-18-33-36(26)39-38-37(40(33)23-20-21-35-28(22-23)25-11-3-8-19-34(25)43-35)27-12-2-4-14-29(27)41(38)31-16-6-7-17-32(31)42(30)39;1-2-13-25(14-3-1)26-15-4-7-19-30(26)40-35-24-12-18-28-27-16-5-9-21-32(27)42-34-23-11-10-22-33(34)41-31-20-8-6-17-29(31)37(40)38(41)39(42)36(28)35/h1-27H;1-22H;1-24H. The van der Waals surface area contributed by atoms with E-state index in [-0.39, 0.29) is 20.5 Å². The molecule has 618 valence electrons. The number of hydrogen-bond donors (Lipinski definition) is 0. The Labute approximate surface area is 772 Å². The highest BCUT2D eigenvalue weighted by Gasteiger charge is 2.55. The topological polar surface area (TPSA) is 52.3 Å². The summed E-state index contributed by atoms with van der Waals surface area (Å²) in [7, 11) is 0. The van der Waals surface area contributed by atoms with E-state index in [9.17, 15) is 0 Å². The van der Waals surface area contributed by atoms with Crippen molar-refractivity contribution in [1.29, 1.82) is 0 Å². The summed E-state index contributed by atoms with van der Waals surface area (Å²) in [6, 6.07) is 162. The van der Waals surface area contributed by atoms with Gasteiger partial charge in [0.25, 0.3) is 0 Å². The summed E-state index contributed by atoms with van der Waals surface area (Å²) in [5.41, 5.74) is 49.5. The lowest BCUT2D eigenvalue weighted by molar-refractivity contribution is 0.669. The van der Waals surface area contributed by atoms with Gasteiger partial charge >= 0.3 is 20.5 Å². The Morgan fingerprint density at radius 1 is 0.172 bits per heavy atom. The lowest BCUT2D eigenvalue weighted by Gasteiger charge is -2.48. The van der Waals surface area contributed by atoms with Crippen molar-refractivity contribution in [2.24, 2.45) is 0 Å². The molecular weight excluding hydrogens is 1630 g/mol. The van der Waals surface area contributed by atoms with E-state index in [1.807, 2.05) is 6.07 Å². The number of hydrogen-bond acceptors (Lipinski definition) is 7. The van der Waals surface area contributed by atoms with Crippen LogP contribution in [-0.4, -0.2) is 38.8 Å². The van der Waals surface area contributed by atoms with Crippen LogP contribution in [0.4, 0.5) is 85.3 Å². The van der Waals surface area contributed by atoms with Crippen molar-refractivity contribution < 1.29 is 4.42 Å². The van der Waals surface area contributed by atoms with Crippen LogP contribution in [0.25, 0.3) is 144 Å². The van der Waals surface area contributed by atoms with Gasteiger partial charge in [-0.3, -0.25) is 0 Å². The second-order valence-corrected chi connectivity index (χ2v) is 36.4. The van der Waals surface area contributed by atoms with E-state index in [2.05, 4.69) is 484 Å². The summed E-state index contributed by atoms with van der Waals surface area (Å²) in [5.74, 6) is 0. The molecule has 0 aliphatic carbocycles. The molecule has 0 radical (unpaired) electrons. The van der Waals surface area contributed by atoms with Crippen molar-refractivity contribution in [3.05, 3.63) is 443 Å². The minimum absolute atomic E-state index is 0.0402. The fourth-order valence-electron chi connectivity index (χ4n) is 25.0. The van der Waals surface area contributed by atoms with Crippen molar-refractivity contribution in [2.75, 3.05) is 29.1 Å². The molecule has 5 aromatic heterocycles. The monoisotopic (exact) mass is 1700 g/mol. The van der Waals surface area contributed by atoms with Gasteiger partial charge in [-0.25, -0.2) is 0 Å². The largest absolute Gasteiger partial charge is 0.456 e. The van der Waals surface area contributed by atoms with Crippen LogP contribution in [0.1, 0.15) is 0 Å². The zero-order valence-corrected chi connectivity index (χ0v) is 72.3. The van der Waals surface area contributed by atoms with E-state index < -0.39 is 0 Å². The third kappa shape index (κ3) is 9.46. The average molecular weight is 1700 g/mol. The SMILES string of the molecule is c1ccc(-c2ccccc2N2c3cccc4c3B3c5c2c2ccccc2n5-c2ccccc2N3c2ccccc2-4)cc1.c1ccc(-n2c3ccccc3c3cc(N4c5cccc6c5B5c7c4c4ccccc4n7-c4ccccc4N5c4ccccc4-6)ccc32)cc1.c1ccc2c(c1)-c1cccc3c1B1c4c(c5ccccc5n4-c4ccccc4N12)N3c1ccc2oc3ccccc3c2c1. The molecule has 11 nitrogen and oxygen atoms in total. The number of furan rings is 1. The molecule has 14 heteroatoms. The minimum Gasteiger partial charge on any atom is -0.456 e. The number of rotatable bonds is 5. The molecule has 0 unspecified atom stereocenters. The first-order chi connectivity index (χ1) is 66.6. The van der Waals surface area contributed by atoms with E-state index >= 15 is 0 Å². The van der Waals surface area contributed by atoms with Gasteiger partial charge in [-0.1, -0.05) is 285 Å². The van der Waals surface area contributed by atoms with E-state index in [1.165, 1.54) is 235 Å². The fourth-order valence-corrected chi connectivity index (χ4v) is 25.0. The van der Waals surface area contributed by atoms with E-state index in [0.29, 0.717) is 0 Å². The van der Waals surface area contributed by atoms with Crippen molar-refractivity contribution >= 4 is 215 Å². The Bertz CT molecular complexity index is 9280. The summed E-state index contributed by atoms with van der Waals surface area (Å²) in [4.78, 5) is 15.4. The minimum atomic E-state index is 0.0402. The molecule has 14 heterocycles. The van der Waals surface area contributed by atoms with Gasteiger partial charge in [0, 0.05) is 128 Å². The normalized spacial score (nSPS) is 13.7. The van der Waals surface area contributed by atoms with E-state index in [4.69, 9.17) is 4.42 Å². The molecule has 0 amide bonds. The first kappa shape index (κ1) is 72.3. The Hall–Kier alpha value is -17.6. The molecular formula is C120H73B3N10O. The van der Waals surface area contributed by atoms with Gasteiger partial charge in [0.2, 0.25) is 0 Å². The Morgan fingerprint density at radius 3 is 0.955 bits per heavy atom. The van der Waals surface area contributed by atoms with Crippen LogP contribution >= 0.6 is 0 Å². The van der Waals surface area contributed by atoms with Crippen molar-refractivity contribution in [2.45, 2.75) is 0 Å². The Kier molecular flexibility index (Phi) is 14.6. The predicted octanol–water partition coefficient (Wildman–Crippen LogP) is 26.6. The smallest absolute Gasteiger partial charge is 0.351 e. The third-order valence-corrected chi connectivity index (χ3v) is 30.0. The maximum atomic E-state index is 6.24. The molecule has 9 aliphatic heterocycles. The van der Waals surface area contributed by atoms with Gasteiger partial charge in [-0.2, -0.15) is 0 Å². The molecule has 134 heavy (non-hydrogen) atoms. The highest BCUT2D eigenvalue weighted by molar-refractivity contribution is 6.96. The molecule has 0 bridgehead atoms. The van der Waals surface area contributed by atoms with Gasteiger partial charge in [-0.15, -0.1) is 0 Å². The molecule has 0 fully saturated rings. The maximum absolute atomic E-state index is 6.24. The predicted molar refractivity (Wildman–Crippen MR) is 559 cm³/mol. The first-order valence-electron chi connectivity index (χ1n) is 46.4. The number of benzene rings is 19. The molecule has 0 saturated carbocycles. The van der Waals surface area contributed by atoms with Gasteiger partial charge in [0.05, 0.1) is 84.5 Å². The number of nitrogens with zero attached hydrogens (tertiary/aromatic N) is 10. The lowest BCUT2D eigenvalue weighted by Crippen LogP contribution is -2.65. The van der Waals surface area contributed by atoms with Crippen molar-refractivity contribution in [1.82, 2.24) is 18.3 Å². The van der Waals surface area contributed by atoms with Crippen LogP contribution in [0.3, 0.4) is 0 Å². The molecule has 0 atom stereocenters. The average Bonchev–Trinajstić information content (AvgIpc) is 1.41. The van der Waals surface area contributed by atoms with Gasteiger partial charge < -0.3 is 51.8 Å². The third-order valence-electron chi connectivity index (χ3n) is 30.0. The maximum Gasteiger partial charge on any atom is 0.351 e. The first-order valence-corrected chi connectivity index (χ1v) is 46.4. The van der Waals surface area contributed by atoms with Gasteiger partial charge in [-0.05, 0) is 196 Å². The molecule has 0 N–H and O–H groups in total. The fraction of sp³-hybridized carbons (Fsp3) is 0. The van der Waals surface area contributed by atoms with Crippen molar-refractivity contribution in [3.63, 3.8) is 0 Å². The summed E-state index contributed by atoms with van der Waals surface area (Å²) < 4.78 is 16.2. The second-order valence-electron chi connectivity index (χ2n) is 36.4. The van der Waals surface area contributed by atoms with E-state index in [0.717, 1.165) is 27.6 Å². The number of fused-ring (bicyclic) bond motifs is 33. The Morgan fingerprint density at radius 2 is 0.485 bits per heavy atom. The van der Waals surface area contributed by atoms with Crippen LogP contribution in [0.15, 0.2) is 447 Å². The second kappa shape index (κ2) is 27.0. The summed E-state index contributed by atoms with van der Waals surface area (Å²) in [6.45, 7) is 0.148. The number of para-hydroxylation sites is 16. The molecule has 24 aromatic rings. The molecule has 33 rings (SSSR count). The van der Waals surface area contributed by atoms with Crippen LogP contribution in [0.2, 0.25) is 0 Å². The zero-order chi connectivity index (χ0) is 87.0. The van der Waals surface area contributed by atoms with E-state index in [1.54, 1.807) is 0 Å². The van der Waals surface area contributed by atoms with Gasteiger partial charge in [0.15, 0.2) is 0 Å². The molecule has 0 spiro atoms. The molecule has 19 aromatic carbocycles. The van der Waals surface area contributed by atoms with Crippen LogP contribution in [0, 0.1) is 0 Å². The number of anilines is 15. The summed E-state index contributed by atoms with van der Waals surface area (Å²) >= 11 is 0. The molecule has 0 saturated heterocycles.